The summed E-state index contributed by atoms with van der Waals surface area (Å²) in [5, 5.41) is 9.00. The molecule has 1 heterocycles. The Morgan fingerprint density at radius 1 is 1.38 bits per heavy atom. The van der Waals surface area contributed by atoms with Gasteiger partial charge in [0.15, 0.2) is 0 Å². The van der Waals surface area contributed by atoms with Crippen molar-refractivity contribution in [3.8, 4) is 0 Å². The van der Waals surface area contributed by atoms with Crippen molar-refractivity contribution in [2.45, 2.75) is 17.4 Å². The van der Waals surface area contributed by atoms with Crippen LogP contribution in [-0.2, 0) is 19.6 Å². The first-order valence-corrected chi connectivity index (χ1v) is 8.15. The number of benzene rings is 1. The van der Waals surface area contributed by atoms with E-state index in [0.29, 0.717) is 0 Å². The third-order valence-electron chi connectivity index (χ3n) is 3.09. The predicted octanol–water partition coefficient (Wildman–Crippen LogP) is 1.86. The van der Waals surface area contributed by atoms with E-state index in [1.807, 2.05) is 0 Å². The highest BCUT2D eigenvalue weighted by molar-refractivity contribution is 7.89. The zero-order valence-electron chi connectivity index (χ0n) is 11.0. The zero-order chi connectivity index (χ0) is 15.8. The fourth-order valence-corrected chi connectivity index (χ4v) is 4.04. The van der Waals surface area contributed by atoms with Crippen LogP contribution in [0.2, 0.25) is 10.0 Å². The minimum Gasteiger partial charge on any atom is -0.480 e. The smallest absolute Gasteiger partial charge is 0.329 e. The van der Waals surface area contributed by atoms with Gasteiger partial charge in [-0.3, -0.25) is 0 Å². The van der Waals surface area contributed by atoms with E-state index in [1.54, 1.807) is 6.92 Å². The van der Waals surface area contributed by atoms with E-state index in [-0.39, 0.29) is 28.0 Å². The number of aliphatic carboxylic acids is 1. The van der Waals surface area contributed by atoms with Crippen molar-refractivity contribution in [1.82, 2.24) is 4.31 Å². The molecular formula is C12H13Cl2NO5S. The second-order valence-electron chi connectivity index (χ2n) is 4.98. The number of nitrogens with zero attached hydrogens (tertiary/aromatic N) is 1. The van der Waals surface area contributed by atoms with E-state index in [4.69, 9.17) is 33.0 Å². The Kier molecular flexibility index (Phi) is 4.51. The topological polar surface area (TPSA) is 83.9 Å². The lowest BCUT2D eigenvalue weighted by Gasteiger charge is -2.46. The molecule has 1 aliphatic heterocycles. The minimum atomic E-state index is -3.69. The van der Waals surface area contributed by atoms with Gasteiger partial charge in [0, 0.05) is 13.1 Å². The molecule has 0 unspecified atom stereocenters. The van der Waals surface area contributed by atoms with E-state index >= 15 is 0 Å². The second-order valence-corrected chi connectivity index (χ2v) is 7.73. The number of halogens is 2. The summed E-state index contributed by atoms with van der Waals surface area (Å²) in [7, 11) is -3.69. The highest BCUT2D eigenvalue weighted by Crippen LogP contribution is 2.32. The summed E-state index contributed by atoms with van der Waals surface area (Å²) in [6, 6.07) is 4.07. The molecule has 1 aliphatic rings. The van der Waals surface area contributed by atoms with Gasteiger partial charge in [-0.2, -0.15) is 4.31 Å². The van der Waals surface area contributed by atoms with Gasteiger partial charge in [0.1, 0.15) is 6.61 Å². The van der Waals surface area contributed by atoms with Crippen LogP contribution in [0.1, 0.15) is 6.92 Å². The summed E-state index contributed by atoms with van der Waals surface area (Å²) in [4.78, 5) is 10.5. The van der Waals surface area contributed by atoms with Crippen molar-refractivity contribution >= 4 is 39.2 Å². The lowest BCUT2D eigenvalue weighted by molar-refractivity contribution is -0.157. The van der Waals surface area contributed by atoms with Crippen LogP contribution in [0.25, 0.3) is 0 Å². The number of hydrogen-bond acceptors (Lipinski definition) is 4. The molecule has 0 aromatic heterocycles. The van der Waals surface area contributed by atoms with Crippen LogP contribution in [-0.4, -0.2) is 49.1 Å². The summed E-state index contributed by atoms with van der Waals surface area (Å²) in [6.07, 6.45) is 0. The Morgan fingerprint density at radius 2 is 2.00 bits per heavy atom. The molecule has 0 amide bonds. The summed E-state index contributed by atoms with van der Waals surface area (Å²) < 4.78 is 31.1. The third-order valence-corrected chi connectivity index (χ3v) is 5.62. The summed E-state index contributed by atoms with van der Waals surface area (Å²) >= 11 is 11.6. The van der Waals surface area contributed by atoms with Gasteiger partial charge in [0.05, 0.1) is 20.5 Å². The molecule has 0 bridgehead atoms. The maximum atomic E-state index is 12.4. The van der Waals surface area contributed by atoms with E-state index in [0.717, 1.165) is 0 Å². The van der Waals surface area contributed by atoms with Crippen LogP contribution in [0.3, 0.4) is 0 Å². The molecule has 9 heteroatoms. The average Bonchev–Trinajstić information content (AvgIpc) is 2.36. The number of carboxylic acids is 1. The van der Waals surface area contributed by atoms with E-state index in [1.165, 1.54) is 22.5 Å². The first kappa shape index (κ1) is 16.5. The average molecular weight is 354 g/mol. The van der Waals surface area contributed by atoms with Gasteiger partial charge in [-0.1, -0.05) is 23.2 Å². The van der Waals surface area contributed by atoms with E-state index in [2.05, 4.69) is 0 Å². The Labute approximate surface area is 132 Å². The second kappa shape index (κ2) is 5.73. The lowest BCUT2D eigenvalue weighted by Crippen LogP contribution is -2.63. The molecule has 0 saturated carbocycles. The molecule has 1 aromatic rings. The number of hydrogen-bond donors (Lipinski definition) is 1. The summed E-state index contributed by atoms with van der Waals surface area (Å²) in [5.41, 5.74) is -0.790. The SMILES string of the molecule is CC1(OCC(=O)O)CN(S(=O)(=O)c2ccc(Cl)c(Cl)c2)C1. The Morgan fingerprint density at radius 3 is 2.52 bits per heavy atom. The number of rotatable bonds is 5. The molecule has 6 nitrogen and oxygen atoms in total. The maximum absolute atomic E-state index is 12.4. The molecule has 1 saturated heterocycles. The fraction of sp³-hybridized carbons (Fsp3) is 0.417. The lowest BCUT2D eigenvalue weighted by atomic mass is 10.0. The van der Waals surface area contributed by atoms with Crippen molar-refractivity contribution in [3.05, 3.63) is 28.2 Å². The van der Waals surface area contributed by atoms with Crippen LogP contribution < -0.4 is 0 Å². The van der Waals surface area contributed by atoms with Crippen LogP contribution in [0.4, 0.5) is 0 Å². The highest BCUT2D eigenvalue weighted by Gasteiger charge is 2.46. The van der Waals surface area contributed by atoms with Crippen molar-refractivity contribution in [1.29, 1.82) is 0 Å². The Bertz CT molecular complexity index is 670. The Hall–Kier alpha value is -0.860. The van der Waals surface area contributed by atoms with Gasteiger partial charge >= 0.3 is 5.97 Å². The van der Waals surface area contributed by atoms with Gasteiger partial charge in [0.2, 0.25) is 10.0 Å². The van der Waals surface area contributed by atoms with Gasteiger partial charge in [-0.25, -0.2) is 13.2 Å². The van der Waals surface area contributed by atoms with Crippen LogP contribution in [0.5, 0.6) is 0 Å². The summed E-state index contributed by atoms with van der Waals surface area (Å²) in [5.74, 6) is -1.10. The standard InChI is InChI=1S/C12H13Cl2NO5S/c1-12(20-5-11(16)17)6-15(7-12)21(18,19)8-2-3-9(13)10(14)4-8/h2-4H,5-7H2,1H3,(H,16,17). The molecule has 21 heavy (non-hydrogen) atoms. The molecular weight excluding hydrogens is 341 g/mol. The van der Waals surface area contributed by atoms with Crippen molar-refractivity contribution in [3.63, 3.8) is 0 Å². The molecule has 116 valence electrons. The molecule has 2 rings (SSSR count). The van der Waals surface area contributed by atoms with Crippen LogP contribution >= 0.6 is 23.2 Å². The molecule has 0 aliphatic carbocycles. The van der Waals surface area contributed by atoms with Crippen LogP contribution in [0, 0.1) is 0 Å². The van der Waals surface area contributed by atoms with Crippen molar-refractivity contribution in [2.24, 2.45) is 0 Å². The quantitative estimate of drug-likeness (QED) is 0.873. The number of ether oxygens (including phenoxy) is 1. The van der Waals surface area contributed by atoms with Gasteiger partial charge < -0.3 is 9.84 Å². The summed E-state index contributed by atoms with van der Waals surface area (Å²) in [6.45, 7) is 1.37. The first-order chi connectivity index (χ1) is 9.64. The fourth-order valence-electron chi connectivity index (χ4n) is 1.98. The molecule has 1 aromatic carbocycles. The van der Waals surface area contributed by atoms with E-state index in [9.17, 15) is 13.2 Å². The van der Waals surface area contributed by atoms with E-state index < -0.39 is 28.2 Å². The highest BCUT2D eigenvalue weighted by atomic mass is 35.5. The molecule has 0 radical (unpaired) electrons. The first-order valence-electron chi connectivity index (χ1n) is 5.95. The molecule has 1 fully saturated rings. The molecule has 1 N–H and O–H groups in total. The zero-order valence-corrected chi connectivity index (χ0v) is 13.4. The monoisotopic (exact) mass is 353 g/mol. The third kappa shape index (κ3) is 3.49. The predicted molar refractivity (Wildman–Crippen MR) is 77.2 cm³/mol. The molecule has 0 atom stereocenters. The van der Waals surface area contributed by atoms with Gasteiger partial charge in [-0.05, 0) is 25.1 Å². The largest absolute Gasteiger partial charge is 0.480 e. The Balaban J connectivity index is 2.09. The van der Waals surface area contributed by atoms with Crippen LogP contribution in [0.15, 0.2) is 23.1 Å². The number of carbonyl (C=O) groups is 1. The number of carboxylic acid groups (broad SMARTS) is 1. The van der Waals surface area contributed by atoms with Gasteiger partial charge in [-0.15, -0.1) is 0 Å². The van der Waals surface area contributed by atoms with Crippen molar-refractivity contribution < 1.29 is 23.1 Å². The minimum absolute atomic E-state index is 0.0391. The van der Waals surface area contributed by atoms with Crippen molar-refractivity contribution in [2.75, 3.05) is 19.7 Å². The number of sulfonamides is 1. The molecule has 0 spiro atoms. The normalized spacial score (nSPS) is 18.2. The maximum Gasteiger partial charge on any atom is 0.329 e. The van der Waals surface area contributed by atoms with Gasteiger partial charge in [0.25, 0.3) is 0 Å².